The SMILES string of the molecule is O=C(Cn1nc(C(F)F)c(Br)c1C1CC1)N1CCN(Cc2cccc(C(F)(F)F)c2)CC1. The van der Waals surface area contributed by atoms with Crippen molar-refractivity contribution in [3.05, 3.63) is 51.3 Å². The van der Waals surface area contributed by atoms with Gasteiger partial charge in [-0.3, -0.25) is 14.4 Å². The Hall–Kier alpha value is -2.01. The molecule has 174 valence electrons. The Morgan fingerprint density at radius 2 is 1.84 bits per heavy atom. The van der Waals surface area contributed by atoms with E-state index in [-0.39, 0.29) is 28.5 Å². The Labute approximate surface area is 190 Å². The highest BCUT2D eigenvalue weighted by Crippen LogP contribution is 2.45. The van der Waals surface area contributed by atoms with Crippen molar-refractivity contribution >= 4 is 21.8 Å². The average molecular weight is 521 g/mol. The highest BCUT2D eigenvalue weighted by molar-refractivity contribution is 9.10. The van der Waals surface area contributed by atoms with Crippen LogP contribution in [0.3, 0.4) is 0 Å². The number of hydrogen-bond donors (Lipinski definition) is 0. The molecule has 1 aromatic carbocycles. The summed E-state index contributed by atoms with van der Waals surface area (Å²) >= 11 is 3.22. The molecule has 1 amide bonds. The van der Waals surface area contributed by atoms with Gasteiger partial charge in [-0.05, 0) is 40.4 Å². The van der Waals surface area contributed by atoms with E-state index in [9.17, 15) is 26.7 Å². The summed E-state index contributed by atoms with van der Waals surface area (Å²) in [6, 6.07) is 5.24. The summed E-state index contributed by atoms with van der Waals surface area (Å²) < 4.78 is 66.9. The van der Waals surface area contributed by atoms with Crippen molar-refractivity contribution in [3.8, 4) is 0 Å². The number of carbonyl (C=O) groups excluding carboxylic acids is 1. The Morgan fingerprint density at radius 1 is 1.16 bits per heavy atom. The van der Waals surface area contributed by atoms with Crippen molar-refractivity contribution in [2.45, 2.75) is 44.5 Å². The molecule has 32 heavy (non-hydrogen) atoms. The van der Waals surface area contributed by atoms with Crippen molar-refractivity contribution in [3.63, 3.8) is 0 Å². The molecule has 2 fully saturated rings. The lowest BCUT2D eigenvalue weighted by molar-refractivity contribution is -0.138. The third-order valence-corrected chi connectivity index (χ3v) is 6.61. The topological polar surface area (TPSA) is 41.4 Å². The van der Waals surface area contributed by atoms with Gasteiger partial charge in [0.05, 0.1) is 15.7 Å². The van der Waals surface area contributed by atoms with Gasteiger partial charge in [-0.25, -0.2) is 8.78 Å². The van der Waals surface area contributed by atoms with Gasteiger partial charge in [0, 0.05) is 38.6 Å². The van der Waals surface area contributed by atoms with Crippen molar-refractivity contribution in [1.82, 2.24) is 19.6 Å². The molecule has 1 saturated heterocycles. The van der Waals surface area contributed by atoms with Crippen LogP contribution in [-0.4, -0.2) is 51.7 Å². The monoisotopic (exact) mass is 520 g/mol. The molecule has 1 aliphatic carbocycles. The molecule has 0 spiro atoms. The number of hydrogen-bond acceptors (Lipinski definition) is 3. The van der Waals surface area contributed by atoms with E-state index < -0.39 is 18.2 Å². The maximum absolute atomic E-state index is 13.2. The largest absolute Gasteiger partial charge is 0.416 e. The zero-order chi connectivity index (χ0) is 23.0. The van der Waals surface area contributed by atoms with E-state index in [4.69, 9.17) is 0 Å². The summed E-state index contributed by atoms with van der Waals surface area (Å²) in [5, 5.41) is 3.97. The first-order valence-corrected chi connectivity index (χ1v) is 11.1. The second-order valence-corrected chi connectivity index (χ2v) is 8.97. The Kier molecular flexibility index (Phi) is 6.58. The summed E-state index contributed by atoms with van der Waals surface area (Å²) in [7, 11) is 0. The lowest BCUT2D eigenvalue weighted by atomic mass is 10.1. The second kappa shape index (κ2) is 9.09. The van der Waals surface area contributed by atoms with E-state index in [1.807, 2.05) is 4.90 Å². The van der Waals surface area contributed by atoms with Crippen LogP contribution in [0, 0.1) is 0 Å². The van der Waals surface area contributed by atoms with Gasteiger partial charge in [-0.15, -0.1) is 0 Å². The first-order chi connectivity index (χ1) is 15.1. The van der Waals surface area contributed by atoms with Gasteiger partial charge in [0.15, 0.2) is 0 Å². The number of halogens is 6. The number of piperazine rings is 1. The molecule has 0 atom stereocenters. The number of benzene rings is 1. The van der Waals surface area contributed by atoms with E-state index in [0.717, 1.165) is 25.0 Å². The van der Waals surface area contributed by atoms with Gasteiger partial charge >= 0.3 is 6.18 Å². The highest BCUT2D eigenvalue weighted by Gasteiger charge is 2.35. The van der Waals surface area contributed by atoms with Gasteiger partial charge < -0.3 is 4.90 Å². The van der Waals surface area contributed by atoms with Crippen LogP contribution >= 0.6 is 15.9 Å². The summed E-state index contributed by atoms with van der Waals surface area (Å²) in [5.41, 5.74) is 0.195. The molecule has 1 aromatic heterocycles. The molecule has 1 aliphatic heterocycles. The second-order valence-electron chi connectivity index (χ2n) is 8.17. The number of rotatable bonds is 6. The average Bonchev–Trinajstić information content (AvgIpc) is 3.51. The van der Waals surface area contributed by atoms with Gasteiger partial charge in [-0.1, -0.05) is 18.2 Å². The van der Waals surface area contributed by atoms with E-state index in [2.05, 4.69) is 21.0 Å². The maximum atomic E-state index is 13.2. The van der Waals surface area contributed by atoms with Crippen LogP contribution in [0.5, 0.6) is 0 Å². The predicted molar refractivity (Wildman–Crippen MR) is 110 cm³/mol. The number of alkyl halides is 5. The third-order valence-electron chi connectivity index (χ3n) is 5.80. The molecule has 4 rings (SSSR count). The Balaban J connectivity index is 1.35. The van der Waals surface area contributed by atoms with E-state index in [1.165, 1.54) is 10.7 Å². The van der Waals surface area contributed by atoms with Crippen LogP contribution in [0.4, 0.5) is 22.0 Å². The van der Waals surface area contributed by atoms with Crippen LogP contribution in [0.15, 0.2) is 28.7 Å². The maximum Gasteiger partial charge on any atom is 0.416 e. The quantitative estimate of drug-likeness (QED) is 0.512. The molecule has 0 N–H and O–H groups in total. The van der Waals surface area contributed by atoms with Gasteiger partial charge in [0.2, 0.25) is 5.91 Å². The molecule has 11 heteroatoms. The molecule has 2 heterocycles. The molecule has 2 aliphatic rings. The van der Waals surface area contributed by atoms with Crippen molar-refractivity contribution < 1.29 is 26.7 Å². The fraction of sp³-hybridized carbons (Fsp3) is 0.524. The number of amides is 1. The zero-order valence-electron chi connectivity index (χ0n) is 17.1. The lowest BCUT2D eigenvalue weighted by Gasteiger charge is -2.35. The molecule has 0 radical (unpaired) electrons. The molecular weight excluding hydrogens is 499 g/mol. The zero-order valence-corrected chi connectivity index (χ0v) is 18.7. The van der Waals surface area contributed by atoms with Crippen molar-refractivity contribution in [1.29, 1.82) is 0 Å². The van der Waals surface area contributed by atoms with Crippen LogP contribution in [0.1, 0.15) is 47.7 Å². The summed E-state index contributed by atoms with van der Waals surface area (Å²) in [6.07, 6.45) is -5.34. The van der Waals surface area contributed by atoms with E-state index in [1.54, 1.807) is 11.0 Å². The summed E-state index contributed by atoms with van der Waals surface area (Å²) in [4.78, 5) is 16.4. The van der Waals surface area contributed by atoms with Gasteiger partial charge in [0.25, 0.3) is 6.43 Å². The van der Waals surface area contributed by atoms with Crippen LogP contribution < -0.4 is 0 Å². The molecule has 0 unspecified atom stereocenters. The lowest BCUT2D eigenvalue weighted by Crippen LogP contribution is -2.49. The highest BCUT2D eigenvalue weighted by atomic mass is 79.9. The number of nitrogens with zero attached hydrogens (tertiary/aromatic N) is 4. The van der Waals surface area contributed by atoms with E-state index in [0.29, 0.717) is 44.0 Å². The van der Waals surface area contributed by atoms with Crippen LogP contribution in [0.25, 0.3) is 0 Å². The summed E-state index contributed by atoms with van der Waals surface area (Å²) in [5.74, 6) is -0.0667. The molecular formula is C21H22BrF5N4O. The number of aromatic nitrogens is 2. The van der Waals surface area contributed by atoms with Crippen molar-refractivity contribution in [2.24, 2.45) is 0 Å². The first-order valence-electron chi connectivity index (χ1n) is 10.3. The van der Waals surface area contributed by atoms with Crippen LogP contribution in [-0.2, 0) is 24.1 Å². The van der Waals surface area contributed by atoms with Crippen LogP contribution in [0.2, 0.25) is 0 Å². The minimum absolute atomic E-state index is 0.106. The molecule has 0 bridgehead atoms. The predicted octanol–water partition coefficient (Wildman–Crippen LogP) is 4.82. The van der Waals surface area contributed by atoms with Gasteiger partial charge in [-0.2, -0.15) is 18.3 Å². The first kappa shape index (κ1) is 23.2. The van der Waals surface area contributed by atoms with Crippen molar-refractivity contribution in [2.75, 3.05) is 26.2 Å². The number of carbonyl (C=O) groups is 1. The summed E-state index contributed by atoms with van der Waals surface area (Å²) in [6.45, 7) is 2.12. The fourth-order valence-electron chi connectivity index (χ4n) is 3.97. The fourth-order valence-corrected chi connectivity index (χ4v) is 4.75. The normalized spacial score (nSPS) is 17.9. The minimum Gasteiger partial charge on any atom is -0.339 e. The van der Waals surface area contributed by atoms with E-state index >= 15 is 0 Å². The Bertz CT molecular complexity index is 981. The molecule has 5 nitrogen and oxygen atoms in total. The molecule has 2 aromatic rings. The standard InChI is InChI=1S/C21H22BrF5N4O/c22-17-18(20(23)24)28-31(19(17)14-4-5-14)12-16(32)30-8-6-29(7-9-30)11-13-2-1-3-15(10-13)21(25,26)27/h1-3,10,14,20H,4-9,11-12H2. The van der Waals surface area contributed by atoms with Gasteiger partial charge in [0.1, 0.15) is 12.2 Å². The minimum atomic E-state index is -4.38. The smallest absolute Gasteiger partial charge is 0.339 e. The molecule has 1 saturated carbocycles. The Morgan fingerprint density at radius 3 is 2.44 bits per heavy atom. The third kappa shape index (κ3) is 5.14.